The minimum absolute atomic E-state index is 0.968. The van der Waals surface area contributed by atoms with Crippen LogP contribution in [-0.4, -0.2) is 29.6 Å². The van der Waals surface area contributed by atoms with Gasteiger partial charge in [0.05, 0.1) is 0 Å². The quantitative estimate of drug-likeness (QED) is 0.445. The van der Waals surface area contributed by atoms with Crippen LogP contribution >= 0.6 is 12.2 Å². The topological polar surface area (TPSA) is 15.3 Å². The Morgan fingerprint density at radius 1 is 0.833 bits per heavy atom. The van der Waals surface area contributed by atoms with Crippen molar-refractivity contribution < 1.29 is 0 Å². The summed E-state index contributed by atoms with van der Waals surface area (Å²) in [6.07, 6.45) is 10.1. The minimum Gasteiger partial charge on any atom is -0.363 e. The normalized spacial score (nSPS) is 10.4. The summed E-state index contributed by atoms with van der Waals surface area (Å²) >= 11 is 5.50. The Bertz CT molecular complexity index is 185. The molecule has 1 N–H and O–H groups in total. The van der Waals surface area contributed by atoms with Gasteiger partial charge in [-0.25, -0.2) is 0 Å². The fourth-order valence-corrected chi connectivity index (χ4v) is 2.19. The SMILES string of the molecule is CCCCCN(CCCCC)C(=S)NCCCC. The van der Waals surface area contributed by atoms with Crippen LogP contribution in [0.3, 0.4) is 0 Å². The van der Waals surface area contributed by atoms with Gasteiger partial charge in [0.2, 0.25) is 0 Å². The largest absolute Gasteiger partial charge is 0.363 e. The van der Waals surface area contributed by atoms with Gasteiger partial charge in [-0.3, -0.25) is 0 Å². The molecule has 0 aromatic heterocycles. The number of rotatable bonds is 11. The number of thiocarbonyl (C=S) groups is 1. The zero-order chi connectivity index (χ0) is 13.6. The van der Waals surface area contributed by atoms with Gasteiger partial charge in [0.25, 0.3) is 0 Å². The molecule has 0 unspecified atom stereocenters. The molecule has 0 aliphatic carbocycles. The van der Waals surface area contributed by atoms with E-state index in [9.17, 15) is 0 Å². The predicted octanol–water partition coefficient (Wildman–Crippen LogP) is 4.34. The number of hydrogen-bond acceptors (Lipinski definition) is 1. The first kappa shape index (κ1) is 17.7. The van der Waals surface area contributed by atoms with Crippen molar-refractivity contribution in [2.75, 3.05) is 19.6 Å². The second-order valence-corrected chi connectivity index (χ2v) is 5.37. The van der Waals surface area contributed by atoms with Crippen LogP contribution < -0.4 is 5.32 Å². The third kappa shape index (κ3) is 9.69. The second-order valence-electron chi connectivity index (χ2n) is 4.99. The van der Waals surface area contributed by atoms with E-state index in [1.807, 2.05) is 0 Å². The first-order valence-corrected chi connectivity index (χ1v) is 8.19. The molecule has 0 amide bonds. The van der Waals surface area contributed by atoms with Gasteiger partial charge < -0.3 is 10.2 Å². The summed E-state index contributed by atoms with van der Waals surface area (Å²) in [6, 6.07) is 0. The lowest BCUT2D eigenvalue weighted by molar-refractivity contribution is 0.384. The molecule has 0 fully saturated rings. The van der Waals surface area contributed by atoms with E-state index in [2.05, 4.69) is 31.0 Å². The highest BCUT2D eigenvalue weighted by atomic mass is 32.1. The van der Waals surface area contributed by atoms with Crippen molar-refractivity contribution in [2.24, 2.45) is 0 Å². The summed E-state index contributed by atoms with van der Waals surface area (Å²) < 4.78 is 0. The van der Waals surface area contributed by atoms with Crippen LogP contribution in [0.1, 0.15) is 72.1 Å². The second kappa shape index (κ2) is 13.1. The molecule has 0 atom stereocenters. The highest BCUT2D eigenvalue weighted by molar-refractivity contribution is 7.80. The summed E-state index contributed by atoms with van der Waals surface area (Å²) in [5.74, 6) is 0. The maximum atomic E-state index is 5.50. The summed E-state index contributed by atoms with van der Waals surface area (Å²) in [6.45, 7) is 9.97. The van der Waals surface area contributed by atoms with E-state index in [0.717, 1.165) is 24.7 Å². The molecule has 0 rings (SSSR count). The van der Waals surface area contributed by atoms with Gasteiger partial charge >= 0.3 is 0 Å². The van der Waals surface area contributed by atoms with E-state index in [0.29, 0.717) is 0 Å². The van der Waals surface area contributed by atoms with E-state index in [-0.39, 0.29) is 0 Å². The zero-order valence-corrected chi connectivity index (χ0v) is 13.5. The summed E-state index contributed by atoms with van der Waals surface area (Å²) in [4.78, 5) is 2.37. The Morgan fingerprint density at radius 2 is 1.33 bits per heavy atom. The molecular weight excluding hydrogens is 240 g/mol. The third-order valence-electron chi connectivity index (χ3n) is 3.16. The molecule has 0 spiro atoms. The van der Waals surface area contributed by atoms with Crippen LogP contribution in [0.4, 0.5) is 0 Å². The summed E-state index contributed by atoms with van der Waals surface area (Å²) in [5, 5.41) is 4.36. The Balaban J connectivity index is 3.95. The van der Waals surface area contributed by atoms with Crippen molar-refractivity contribution in [1.29, 1.82) is 0 Å². The minimum atomic E-state index is 0.968. The molecule has 2 nitrogen and oxygen atoms in total. The van der Waals surface area contributed by atoms with Crippen LogP contribution in [0.5, 0.6) is 0 Å². The van der Waals surface area contributed by atoms with Crippen molar-refractivity contribution in [3.63, 3.8) is 0 Å². The van der Waals surface area contributed by atoms with Gasteiger partial charge in [0.1, 0.15) is 0 Å². The molecule has 0 aromatic rings. The summed E-state index contributed by atoms with van der Waals surface area (Å²) in [5.41, 5.74) is 0. The lowest BCUT2D eigenvalue weighted by Gasteiger charge is -2.26. The summed E-state index contributed by atoms with van der Waals surface area (Å²) in [7, 11) is 0. The number of nitrogens with one attached hydrogen (secondary N) is 1. The van der Waals surface area contributed by atoms with Crippen molar-refractivity contribution in [3.05, 3.63) is 0 Å². The maximum absolute atomic E-state index is 5.50. The first-order chi connectivity index (χ1) is 8.76. The monoisotopic (exact) mass is 272 g/mol. The van der Waals surface area contributed by atoms with E-state index < -0.39 is 0 Å². The van der Waals surface area contributed by atoms with E-state index in [4.69, 9.17) is 12.2 Å². The van der Waals surface area contributed by atoms with Crippen molar-refractivity contribution in [1.82, 2.24) is 10.2 Å². The van der Waals surface area contributed by atoms with Gasteiger partial charge in [-0.05, 0) is 31.5 Å². The molecule has 0 aliphatic heterocycles. The highest BCUT2D eigenvalue weighted by Crippen LogP contribution is 2.03. The molecule has 0 saturated heterocycles. The fraction of sp³-hybridized carbons (Fsp3) is 0.933. The van der Waals surface area contributed by atoms with Crippen LogP contribution in [0.15, 0.2) is 0 Å². The molecule has 0 aliphatic rings. The molecular formula is C15H32N2S. The molecule has 0 aromatic carbocycles. The standard InChI is InChI=1S/C15H32N2S/c1-4-7-10-13-17(14-11-8-5-2)15(18)16-12-9-6-3/h4-14H2,1-3H3,(H,16,18). The molecule has 108 valence electrons. The molecule has 0 saturated carbocycles. The molecule has 18 heavy (non-hydrogen) atoms. The van der Waals surface area contributed by atoms with Crippen LogP contribution in [0.2, 0.25) is 0 Å². The lowest BCUT2D eigenvalue weighted by Crippen LogP contribution is -2.41. The Labute approximate surface area is 120 Å². The number of unbranched alkanes of at least 4 members (excludes halogenated alkanes) is 5. The highest BCUT2D eigenvalue weighted by Gasteiger charge is 2.07. The lowest BCUT2D eigenvalue weighted by atomic mass is 10.2. The molecule has 3 heteroatoms. The van der Waals surface area contributed by atoms with Crippen LogP contribution in [0, 0.1) is 0 Å². The van der Waals surface area contributed by atoms with Gasteiger partial charge in [0, 0.05) is 19.6 Å². The van der Waals surface area contributed by atoms with Crippen molar-refractivity contribution >= 4 is 17.3 Å². The molecule has 0 radical (unpaired) electrons. The van der Waals surface area contributed by atoms with E-state index >= 15 is 0 Å². The van der Waals surface area contributed by atoms with Gasteiger partial charge in [-0.15, -0.1) is 0 Å². The van der Waals surface area contributed by atoms with Crippen LogP contribution in [0.25, 0.3) is 0 Å². The third-order valence-corrected chi connectivity index (χ3v) is 3.56. The molecule has 0 bridgehead atoms. The number of nitrogens with zero attached hydrogens (tertiary/aromatic N) is 1. The van der Waals surface area contributed by atoms with Crippen LogP contribution in [-0.2, 0) is 0 Å². The first-order valence-electron chi connectivity index (χ1n) is 7.79. The zero-order valence-electron chi connectivity index (χ0n) is 12.6. The van der Waals surface area contributed by atoms with E-state index in [1.165, 1.54) is 51.4 Å². The Hall–Kier alpha value is -0.310. The maximum Gasteiger partial charge on any atom is 0.168 e. The molecule has 0 heterocycles. The Kier molecular flexibility index (Phi) is 12.9. The number of hydrogen-bond donors (Lipinski definition) is 1. The average Bonchev–Trinajstić information content (AvgIpc) is 2.37. The fourth-order valence-electron chi connectivity index (χ4n) is 1.90. The van der Waals surface area contributed by atoms with E-state index in [1.54, 1.807) is 0 Å². The van der Waals surface area contributed by atoms with Crippen molar-refractivity contribution in [3.8, 4) is 0 Å². The average molecular weight is 273 g/mol. The van der Waals surface area contributed by atoms with Gasteiger partial charge in [-0.1, -0.05) is 52.9 Å². The predicted molar refractivity (Wildman–Crippen MR) is 86.1 cm³/mol. The smallest absolute Gasteiger partial charge is 0.168 e. The van der Waals surface area contributed by atoms with Gasteiger partial charge in [-0.2, -0.15) is 0 Å². The Morgan fingerprint density at radius 3 is 1.78 bits per heavy atom. The van der Waals surface area contributed by atoms with Crippen molar-refractivity contribution in [2.45, 2.75) is 72.1 Å². The van der Waals surface area contributed by atoms with Gasteiger partial charge in [0.15, 0.2) is 5.11 Å².